The predicted molar refractivity (Wildman–Crippen MR) is 55.9 cm³/mol. The van der Waals surface area contributed by atoms with Crippen molar-refractivity contribution < 1.29 is 9.13 Å². The van der Waals surface area contributed by atoms with Crippen LogP contribution in [0.5, 0.6) is 5.75 Å². The van der Waals surface area contributed by atoms with Crippen LogP contribution in [0, 0.1) is 5.82 Å². The van der Waals surface area contributed by atoms with Gasteiger partial charge in [0.2, 0.25) is 0 Å². The fourth-order valence-corrected chi connectivity index (χ4v) is 2.58. The van der Waals surface area contributed by atoms with Gasteiger partial charge < -0.3 is 4.74 Å². The first-order valence-electron chi connectivity index (χ1n) is 4.29. The van der Waals surface area contributed by atoms with Crippen molar-refractivity contribution in [3.63, 3.8) is 0 Å². The van der Waals surface area contributed by atoms with E-state index in [-0.39, 0.29) is 5.82 Å². The first-order chi connectivity index (χ1) is 5.95. The lowest BCUT2D eigenvalue weighted by Gasteiger charge is -2.18. The molecule has 0 N–H and O–H groups in total. The van der Waals surface area contributed by atoms with Gasteiger partial charge in [-0.2, -0.15) is 0 Å². The summed E-state index contributed by atoms with van der Waals surface area (Å²) in [6.07, 6.45) is 0. The number of hydrogen-bond acceptors (Lipinski definition) is 1. The maximum atomic E-state index is 13.4. The van der Waals surface area contributed by atoms with E-state index in [4.69, 9.17) is 4.74 Å². The summed E-state index contributed by atoms with van der Waals surface area (Å²) in [5, 5.41) is 0.826. The normalized spacial score (nSPS) is 11.5. The van der Waals surface area contributed by atoms with E-state index in [2.05, 4.69) is 19.6 Å². The molecule has 0 unspecified atom stereocenters. The second kappa shape index (κ2) is 3.50. The molecule has 0 amide bonds. The highest BCUT2D eigenvalue weighted by atomic mass is 28.3. The van der Waals surface area contributed by atoms with E-state index in [1.807, 2.05) is 6.07 Å². The molecule has 1 aromatic carbocycles. The Morgan fingerprint density at radius 1 is 1.23 bits per heavy atom. The molecular weight excluding hydrogens is 183 g/mol. The molecule has 0 atom stereocenters. The van der Waals surface area contributed by atoms with Gasteiger partial charge in [0.25, 0.3) is 0 Å². The monoisotopic (exact) mass is 198 g/mol. The molecule has 0 saturated heterocycles. The second-order valence-corrected chi connectivity index (χ2v) is 9.13. The first-order valence-corrected chi connectivity index (χ1v) is 7.79. The van der Waals surface area contributed by atoms with Crippen LogP contribution >= 0.6 is 0 Å². The number of methoxy groups -OCH3 is 1. The van der Waals surface area contributed by atoms with Gasteiger partial charge in [-0.1, -0.05) is 19.6 Å². The number of hydrogen-bond donors (Lipinski definition) is 0. The number of benzene rings is 1. The lowest BCUT2D eigenvalue weighted by molar-refractivity contribution is 0.414. The third-order valence-electron chi connectivity index (χ3n) is 1.98. The van der Waals surface area contributed by atoms with Crippen LogP contribution in [0.2, 0.25) is 19.6 Å². The quantitative estimate of drug-likeness (QED) is 0.663. The van der Waals surface area contributed by atoms with Crippen LogP contribution in [0.15, 0.2) is 18.2 Å². The lowest BCUT2D eigenvalue weighted by atomic mass is 10.3. The van der Waals surface area contributed by atoms with Crippen molar-refractivity contribution in [3.8, 4) is 5.75 Å². The van der Waals surface area contributed by atoms with Crippen molar-refractivity contribution in [3.05, 3.63) is 24.0 Å². The van der Waals surface area contributed by atoms with E-state index in [0.29, 0.717) is 0 Å². The fraction of sp³-hybridized carbons (Fsp3) is 0.400. The average Bonchev–Trinajstić information content (AvgIpc) is 2.03. The fourth-order valence-electron chi connectivity index (χ4n) is 1.21. The summed E-state index contributed by atoms with van der Waals surface area (Å²) in [5.41, 5.74) is 0. The van der Waals surface area contributed by atoms with Gasteiger partial charge in [-0.25, -0.2) is 4.39 Å². The summed E-state index contributed by atoms with van der Waals surface area (Å²) in [6.45, 7) is 6.35. The molecule has 0 radical (unpaired) electrons. The molecule has 1 nitrogen and oxygen atoms in total. The minimum Gasteiger partial charge on any atom is -0.497 e. The Morgan fingerprint density at radius 2 is 1.85 bits per heavy atom. The molecule has 0 spiro atoms. The zero-order valence-electron chi connectivity index (χ0n) is 8.52. The molecular formula is C10H15FOSi. The first kappa shape index (κ1) is 10.2. The zero-order chi connectivity index (χ0) is 10.1. The van der Waals surface area contributed by atoms with E-state index >= 15 is 0 Å². The van der Waals surface area contributed by atoms with Crippen LogP contribution in [0.4, 0.5) is 4.39 Å². The molecule has 72 valence electrons. The van der Waals surface area contributed by atoms with E-state index in [0.717, 1.165) is 10.9 Å². The van der Waals surface area contributed by atoms with Gasteiger partial charge in [0.05, 0.1) is 15.2 Å². The van der Waals surface area contributed by atoms with Gasteiger partial charge in [0.15, 0.2) is 0 Å². The van der Waals surface area contributed by atoms with Crippen molar-refractivity contribution in [2.45, 2.75) is 19.6 Å². The second-order valence-electron chi connectivity index (χ2n) is 4.10. The SMILES string of the molecule is COc1ccc(F)c([Si](C)(C)C)c1. The summed E-state index contributed by atoms with van der Waals surface area (Å²) in [6, 6.07) is 4.94. The largest absolute Gasteiger partial charge is 0.497 e. The highest BCUT2D eigenvalue weighted by Crippen LogP contribution is 2.13. The Hall–Kier alpha value is -0.833. The van der Waals surface area contributed by atoms with Gasteiger partial charge in [-0.3, -0.25) is 0 Å². The van der Waals surface area contributed by atoms with Crippen molar-refractivity contribution in [1.82, 2.24) is 0 Å². The molecule has 3 heteroatoms. The van der Waals surface area contributed by atoms with Gasteiger partial charge in [-0.15, -0.1) is 0 Å². The molecule has 0 aromatic heterocycles. The Morgan fingerprint density at radius 3 is 2.31 bits per heavy atom. The van der Waals surface area contributed by atoms with Gasteiger partial charge in [-0.05, 0) is 23.4 Å². The molecule has 0 heterocycles. The summed E-state index contributed by atoms with van der Waals surface area (Å²) >= 11 is 0. The third kappa shape index (κ3) is 2.31. The minimum atomic E-state index is -1.58. The number of rotatable bonds is 2. The minimum absolute atomic E-state index is 0.111. The maximum Gasteiger partial charge on any atom is 0.122 e. The average molecular weight is 198 g/mol. The van der Waals surface area contributed by atoms with Crippen molar-refractivity contribution in [2.24, 2.45) is 0 Å². The Labute approximate surface area is 79.6 Å². The zero-order valence-corrected chi connectivity index (χ0v) is 9.52. The Kier molecular flexibility index (Phi) is 2.76. The van der Waals surface area contributed by atoms with Crippen LogP contribution in [0.3, 0.4) is 0 Å². The topological polar surface area (TPSA) is 9.23 Å². The molecule has 0 aliphatic heterocycles. The van der Waals surface area contributed by atoms with Crippen LogP contribution in [-0.4, -0.2) is 15.2 Å². The highest BCUT2D eigenvalue weighted by molar-refractivity contribution is 6.88. The summed E-state index contributed by atoms with van der Waals surface area (Å²) in [4.78, 5) is 0. The summed E-state index contributed by atoms with van der Waals surface area (Å²) in [5.74, 6) is 0.624. The Balaban J connectivity index is 3.19. The van der Waals surface area contributed by atoms with E-state index in [1.165, 1.54) is 6.07 Å². The van der Waals surface area contributed by atoms with Crippen LogP contribution < -0.4 is 9.92 Å². The van der Waals surface area contributed by atoms with Gasteiger partial charge in [0.1, 0.15) is 11.6 Å². The summed E-state index contributed by atoms with van der Waals surface area (Å²) in [7, 11) is 0.0179. The van der Waals surface area contributed by atoms with E-state index < -0.39 is 8.07 Å². The molecule has 0 bridgehead atoms. The van der Waals surface area contributed by atoms with E-state index in [1.54, 1.807) is 13.2 Å². The van der Waals surface area contributed by atoms with Gasteiger partial charge in [0, 0.05) is 0 Å². The maximum absolute atomic E-state index is 13.4. The smallest absolute Gasteiger partial charge is 0.122 e. The van der Waals surface area contributed by atoms with Crippen LogP contribution in [-0.2, 0) is 0 Å². The molecule has 1 aromatic rings. The third-order valence-corrected chi connectivity index (χ3v) is 3.98. The molecule has 1 rings (SSSR count). The lowest BCUT2D eigenvalue weighted by Crippen LogP contribution is -2.39. The number of ether oxygens (including phenoxy) is 1. The van der Waals surface area contributed by atoms with Crippen LogP contribution in [0.1, 0.15) is 0 Å². The number of halogens is 1. The van der Waals surface area contributed by atoms with Crippen molar-refractivity contribution in [1.29, 1.82) is 0 Å². The molecule has 0 aliphatic rings. The standard InChI is InChI=1S/C10H15FOSi/c1-12-8-5-6-9(11)10(7-8)13(2,3)4/h5-7H,1-4H3. The molecule has 13 heavy (non-hydrogen) atoms. The van der Waals surface area contributed by atoms with Gasteiger partial charge >= 0.3 is 0 Å². The highest BCUT2D eigenvalue weighted by Gasteiger charge is 2.20. The molecule has 0 aliphatic carbocycles. The predicted octanol–water partition coefficient (Wildman–Crippen LogP) is 2.38. The molecule has 0 fully saturated rings. The van der Waals surface area contributed by atoms with Crippen LogP contribution in [0.25, 0.3) is 0 Å². The summed E-state index contributed by atoms with van der Waals surface area (Å²) < 4.78 is 18.4. The Bertz CT molecular complexity index is 304. The van der Waals surface area contributed by atoms with E-state index in [9.17, 15) is 4.39 Å². The van der Waals surface area contributed by atoms with Crippen molar-refractivity contribution in [2.75, 3.05) is 7.11 Å². The molecule has 0 saturated carbocycles. The van der Waals surface area contributed by atoms with Crippen molar-refractivity contribution >= 4 is 13.3 Å².